The summed E-state index contributed by atoms with van der Waals surface area (Å²) in [6.45, 7) is 4.30. The Balaban J connectivity index is 1.77. The Kier molecular flexibility index (Phi) is 9.02. The molecule has 0 aromatic rings. The van der Waals surface area contributed by atoms with E-state index in [4.69, 9.17) is 14.2 Å². The maximum absolute atomic E-state index is 12.6. The molecule has 3 aliphatic rings. The zero-order valence-corrected chi connectivity index (χ0v) is 19.7. The van der Waals surface area contributed by atoms with E-state index in [9.17, 15) is 9.90 Å². The maximum atomic E-state index is 12.6. The van der Waals surface area contributed by atoms with Crippen LogP contribution in [0.3, 0.4) is 0 Å². The lowest BCUT2D eigenvalue weighted by molar-refractivity contribution is -0.161. The second-order valence-electron chi connectivity index (χ2n) is 8.99. The van der Waals surface area contributed by atoms with Gasteiger partial charge in [-0.05, 0) is 54.6 Å². The highest BCUT2D eigenvalue weighted by Crippen LogP contribution is 2.31. The average Bonchev–Trinajstić information content (AvgIpc) is 2.65. The number of esters is 1. The number of aliphatic hydroxyl groups is 1. The van der Waals surface area contributed by atoms with Crippen molar-refractivity contribution in [3.8, 4) is 0 Å². The number of hydrogen-bond acceptors (Lipinski definition) is 5. The largest absolute Gasteiger partial charge is 0.457 e. The molecule has 0 saturated carbocycles. The third-order valence-corrected chi connectivity index (χ3v) is 6.65. The van der Waals surface area contributed by atoms with Crippen LogP contribution in [0.4, 0.5) is 0 Å². The highest BCUT2D eigenvalue weighted by molar-refractivity contribution is 14.1. The fourth-order valence-corrected chi connectivity index (χ4v) is 5.15. The summed E-state index contributed by atoms with van der Waals surface area (Å²) in [5.74, 6) is 0.230. The molecule has 164 valence electrons. The molecular formula is C23H35IO5. The van der Waals surface area contributed by atoms with Crippen LogP contribution in [-0.4, -0.2) is 47.7 Å². The van der Waals surface area contributed by atoms with Crippen LogP contribution >= 0.6 is 22.6 Å². The molecule has 2 fully saturated rings. The van der Waals surface area contributed by atoms with E-state index in [-0.39, 0.29) is 48.8 Å². The van der Waals surface area contributed by atoms with Gasteiger partial charge >= 0.3 is 5.97 Å². The number of hydrogen-bond donors (Lipinski definition) is 1. The van der Waals surface area contributed by atoms with Gasteiger partial charge in [-0.25, -0.2) is 0 Å². The van der Waals surface area contributed by atoms with E-state index in [2.05, 4.69) is 48.6 Å². The van der Waals surface area contributed by atoms with E-state index < -0.39 is 6.10 Å². The summed E-state index contributed by atoms with van der Waals surface area (Å²) in [7, 11) is 0. The summed E-state index contributed by atoms with van der Waals surface area (Å²) >= 11 is 2.16. The Morgan fingerprint density at radius 2 is 1.69 bits per heavy atom. The summed E-state index contributed by atoms with van der Waals surface area (Å²) in [5.41, 5.74) is 0. The van der Waals surface area contributed by atoms with Crippen molar-refractivity contribution in [2.24, 2.45) is 11.8 Å². The third kappa shape index (κ3) is 7.33. The van der Waals surface area contributed by atoms with E-state index in [0.717, 1.165) is 25.7 Å². The van der Waals surface area contributed by atoms with Gasteiger partial charge in [-0.2, -0.15) is 0 Å². The standard InChI is InChI=1S/C23H35IO5/c1-15-6-7-16(2)22(8-9-24)29-23(26)14-21-12-17(25)11-20(28-21)13-19-5-3-4-18(10-15)27-19/h6-9,15-22,25H,3-5,10-14H2,1-2H3/b7-6+,9-8+/t15-,16-,17+,18+,19?,20+,21?,22?/m0/s1. The van der Waals surface area contributed by atoms with Crippen molar-refractivity contribution in [1.29, 1.82) is 0 Å². The predicted octanol–water partition coefficient (Wildman–Crippen LogP) is 4.71. The highest BCUT2D eigenvalue weighted by atomic mass is 127. The van der Waals surface area contributed by atoms with Crippen LogP contribution in [0.25, 0.3) is 0 Å². The molecule has 5 nitrogen and oxygen atoms in total. The fraction of sp³-hybridized carbons (Fsp3) is 0.783. The van der Waals surface area contributed by atoms with E-state index >= 15 is 0 Å². The zero-order valence-electron chi connectivity index (χ0n) is 17.5. The van der Waals surface area contributed by atoms with Crippen LogP contribution in [0.5, 0.6) is 0 Å². The van der Waals surface area contributed by atoms with Crippen LogP contribution in [0, 0.1) is 11.8 Å². The van der Waals surface area contributed by atoms with Gasteiger partial charge in [-0.1, -0.05) is 48.6 Å². The summed E-state index contributed by atoms with van der Waals surface area (Å²) in [4.78, 5) is 12.6. The molecular weight excluding hydrogens is 483 g/mol. The Bertz CT molecular complexity index is 592. The smallest absolute Gasteiger partial charge is 0.309 e. The molecule has 4 bridgehead atoms. The molecule has 3 rings (SSSR count). The first-order valence-electron chi connectivity index (χ1n) is 11.1. The highest BCUT2D eigenvalue weighted by Gasteiger charge is 2.34. The summed E-state index contributed by atoms with van der Waals surface area (Å²) in [6, 6.07) is 0. The number of aliphatic hydroxyl groups excluding tert-OH is 1. The first-order valence-corrected chi connectivity index (χ1v) is 12.3. The van der Waals surface area contributed by atoms with Gasteiger partial charge in [0.1, 0.15) is 6.10 Å². The Morgan fingerprint density at radius 3 is 2.45 bits per heavy atom. The Labute approximate surface area is 188 Å². The lowest BCUT2D eigenvalue weighted by Gasteiger charge is -2.37. The van der Waals surface area contributed by atoms with Gasteiger partial charge in [-0.15, -0.1) is 0 Å². The van der Waals surface area contributed by atoms with Gasteiger partial charge in [0.05, 0.1) is 36.9 Å². The number of ether oxygens (including phenoxy) is 3. The summed E-state index contributed by atoms with van der Waals surface area (Å²) in [5, 5.41) is 10.3. The molecule has 0 amide bonds. The molecule has 3 heterocycles. The van der Waals surface area contributed by atoms with Crippen molar-refractivity contribution < 1.29 is 24.1 Å². The Morgan fingerprint density at radius 1 is 1.00 bits per heavy atom. The fourth-order valence-electron chi connectivity index (χ4n) is 4.74. The molecule has 1 N–H and O–H groups in total. The molecule has 3 unspecified atom stereocenters. The molecule has 0 aromatic carbocycles. The number of carbonyl (C=O) groups excluding carboxylic acids is 1. The first-order chi connectivity index (χ1) is 13.9. The topological polar surface area (TPSA) is 65.0 Å². The van der Waals surface area contributed by atoms with Crippen molar-refractivity contribution in [1.82, 2.24) is 0 Å². The predicted molar refractivity (Wildman–Crippen MR) is 121 cm³/mol. The van der Waals surface area contributed by atoms with E-state index in [0.29, 0.717) is 18.8 Å². The molecule has 29 heavy (non-hydrogen) atoms. The van der Waals surface area contributed by atoms with Gasteiger partial charge < -0.3 is 19.3 Å². The normalized spacial score (nSPS) is 43.7. The zero-order chi connectivity index (χ0) is 20.8. The van der Waals surface area contributed by atoms with Crippen molar-refractivity contribution in [3.05, 3.63) is 22.3 Å². The number of rotatable bonds is 1. The number of allylic oxidation sites excluding steroid dienone is 1. The van der Waals surface area contributed by atoms with Crippen molar-refractivity contribution in [2.45, 2.75) is 102 Å². The second kappa shape index (κ2) is 11.3. The summed E-state index contributed by atoms with van der Waals surface area (Å²) in [6.07, 6.45) is 12.1. The third-order valence-electron chi connectivity index (χ3n) is 6.24. The maximum Gasteiger partial charge on any atom is 0.309 e. The minimum Gasteiger partial charge on any atom is -0.457 e. The van der Waals surface area contributed by atoms with E-state index in [1.807, 2.05) is 10.2 Å². The minimum absolute atomic E-state index is 0.0607. The molecule has 3 aliphatic heterocycles. The van der Waals surface area contributed by atoms with Crippen LogP contribution in [0.1, 0.15) is 65.2 Å². The number of cyclic esters (lactones) is 1. The number of halogens is 1. The van der Waals surface area contributed by atoms with Gasteiger partial charge in [0, 0.05) is 12.3 Å². The van der Waals surface area contributed by atoms with Crippen molar-refractivity contribution >= 4 is 28.6 Å². The monoisotopic (exact) mass is 518 g/mol. The van der Waals surface area contributed by atoms with Crippen LogP contribution in [0.15, 0.2) is 22.3 Å². The molecule has 0 aliphatic carbocycles. The van der Waals surface area contributed by atoms with Gasteiger partial charge in [0.25, 0.3) is 0 Å². The van der Waals surface area contributed by atoms with Crippen LogP contribution in [-0.2, 0) is 19.0 Å². The van der Waals surface area contributed by atoms with Crippen molar-refractivity contribution in [3.63, 3.8) is 0 Å². The molecule has 2 saturated heterocycles. The molecule has 0 radical (unpaired) electrons. The van der Waals surface area contributed by atoms with Crippen LogP contribution in [0.2, 0.25) is 0 Å². The molecule has 0 spiro atoms. The van der Waals surface area contributed by atoms with Gasteiger partial charge in [-0.3, -0.25) is 4.79 Å². The second-order valence-corrected chi connectivity index (χ2v) is 9.71. The average molecular weight is 518 g/mol. The lowest BCUT2D eigenvalue weighted by Crippen LogP contribution is -2.40. The van der Waals surface area contributed by atoms with E-state index in [1.165, 1.54) is 6.42 Å². The molecule has 8 atom stereocenters. The van der Waals surface area contributed by atoms with Gasteiger partial charge in [0.15, 0.2) is 0 Å². The lowest BCUT2D eigenvalue weighted by atomic mass is 9.91. The summed E-state index contributed by atoms with van der Waals surface area (Å²) < 4.78 is 20.3. The number of carbonyl (C=O) groups is 1. The quantitative estimate of drug-likeness (QED) is 0.310. The van der Waals surface area contributed by atoms with E-state index in [1.54, 1.807) is 0 Å². The molecule has 0 aromatic heterocycles. The minimum atomic E-state index is -0.434. The van der Waals surface area contributed by atoms with Crippen molar-refractivity contribution in [2.75, 3.05) is 0 Å². The molecule has 6 heteroatoms. The Hall–Kier alpha value is -0.440. The van der Waals surface area contributed by atoms with Gasteiger partial charge in [0.2, 0.25) is 0 Å². The number of fused-ring (bicyclic) bond motifs is 4. The SMILES string of the molecule is C[C@H]1/C=C/[C@H](C)C(/C=C/I)OC(=O)CC2C[C@H](O)C[C@H](CC3CCC[C@H](C1)O3)O2. The van der Waals surface area contributed by atoms with Crippen LogP contribution < -0.4 is 0 Å². The first kappa shape index (κ1) is 23.2.